The first kappa shape index (κ1) is 18.3. The number of aromatic nitrogens is 7. The van der Waals surface area contributed by atoms with E-state index >= 15 is 0 Å². The molecule has 9 heteroatoms. The number of hydrogen-bond acceptors (Lipinski definition) is 7. The van der Waals surface area contributed by atoms with Crippen molar-refractivity contribution in [2.45, 2.75) is 19.3 Å². The van der Waals surface area contributed by atoms with Crippen LogP contribution in [0.3, 0.4) is 0 Å². The molecule has 1 N–H and O–H groups in total. The molecule has 30 heavy (non-hydrogen) atoms. The molecule has 0 amide bonds. The number of methoxy groups -OCH3 is 1. The van der Waals surface area contributed by atoms with Gasteiger partial charge in [0.2, 0.25) is 0 Å². The Balaban J connectivity index is 1.55. The maximum absolute atomic E-state index is 5.26. The average Bonchev–Trinajstić information content (AvgIpc) is 3.48. The Kier molecular flexibility index (Phi) is 4.84. The van der Waals surface area contributed by atoms with E-state index in [1.165, 1.54) is 6.42 Å². The van der Waals surface area contributed by atoms with Crippen LogP contribution < -0.4 is 9.64 Å². The van der Waals surface area contributed by atoms with Crippen molar-refractivity contribution in [2.75, 3.05) is 25.1 Å². The first-order valence-corrected chi connectivity index (χ1v) is 10.0. The molecule has 152 valence electrons. The van der Waals surface area contributed by atoms with Gasteiger partial charge >= 0.3 is 0 Å². The van der Waals surface area contributed by atoms with Gasteiger partial charge in [-0.1, -0.05) is 0 Å². The van der Waals surface area contributed by atoms with Crippen LogP contribution in [0.4, 0.5) is 5.82 Å². The van der Waals surface area contributed by atoms with Gasteiger partial charge in [0.1, 0.15) is 5.75 Å². The molecule has 1 aliphatic rings. The molecule has 9 nitrogen and oxygen atoms in total. The number of rotatable bonds is 5. The molecule has 1 aliphatic heterocycles. The van der Waals surface area contributed by atoms with Gasteiger partial charge in [-0.2, -0.15) is 5.10 Å². The number of nitrogens with zero attached hydrogens (tertiary/aromatic N) is 7. The molecule has 0 atom stereocenters. The standard InChI is InChI=1S/C21H22N8O/c1-30-17-9-7-16(8-10-17)29-26-18(21(27-29)28-12-3-2-4-13-28)20-23-19(24-25-20)15-6-5-11-22-14-15/h5-11,14H,2-4,12-13H2,1H3,(H,23,24,25). The number of ether oxygens (including phenoxy) is 1. The molecular weight excluding hydrogens is 380 g/mol. The molecule has 3 aromatic heterocycles. The summed E-state index contributed by atoms with van der Waals surface area (Å²) in [7, 11) is 1.65. The van der Waals surface area contributed by atoms with Gasteiger partial charge in [-0.05, 0) is 55.7 Å². The SMILES string of the molecule is COc1ccc(-n2nc(-c3nc(-c4cccnc4)n[nH]3)c(N3CCCCC3)n2)cc1. The number of pyridine rings is 1. The summed E-state index contributed by atoms with van der Waals surface area (Å²) in [6.07, 6.45) is 7.00. The summed E-state index contributed by atoms with van der Waals surface area (Å²) in [4.78, 5) is 12.7. The molecule has 5 rings (SSSR count). The van der Waals surface area contributed by atoms with Gasteiger partial charge in [0, 0.05) is 31.0 Å². The second kappa shape index (κ2) is 7.94. The molecule has 0 bridgehead atoms. The monoisotopic (exact) mass is 402 g/mol. The molecule has 1 aromatic carbocycles. The van der Waals surface area contributed by atoms with Crippen LogP contribution in [0, 0.1) is 0 Å². The molecule has 0 radical (unpaired) electrons. The third-order valence-corrected chi connectivity index (χ3v) is 5.18. The zero-order valence-electron chi connectivity index (χ0n) is 16.7. The molecule has 0 spiro atoms. The van der Waals surface area contributed by atoms with Crippen LogP contribution >= 0.6 is 0 Å². The molecule has 0 saturated carbocycles. The average molecular weight is 402 g/mol. The fourth-order valence-corrected chi connectivity index (χ4v) is 3.59. The van der Waals surface area contributed by atoms with Crippen molar-refractivity contribution >= 4 is 5.82 Å². The van der Waals surface area contributed by atoms with Crippen LogP contribution in [0.2, 0.25) is 0 Å². The molecule has 1 saturated heterocycles. The quantitative estimate of drug-likeness (QED) is 0.548. The lowest BCUT2D eigenvalue weighted by Crippen LogP contribution is -2.30. The van der Waals surface area contributed by atoms with Crippen LogP contribution in [-0.4, -0.2) is 55.4 Å². The lowest BCUT2D eigenvalue weighted by molar-refractivity contribution is 0.414. The summed E-state index contributed by atoms with van der Waals surface area (Å²) in [5.41, 5.74) is 2.39. The van der Waals surface area contributed by atoms with Crippen LogP contribution in [0.1, 0.15) is 19.3 Å². The second-order valence-corrected chi connectivity index (χ2v) is 7.16. The van der Waals surface area contributed by atoms with Gasteiger partial charge in [0.15, 0.2) is 23.2 Å². The van der Waals surface area contributed by atoms with Gasteiger partial charge in [-0.25, -0.2) is 4.98 Å². The first-order chi connectivity index (χ1) is 14.8. The highest BCUT2D eigenvalue weighted by Gasteiger charge is 2.24. The predicted octanol–water partition coefficient (Wildman–Crippen LogP) is 3.11. The van der Waals surface area contributed by atoms with E-state index in [1.807, 2.05) is 36.4 Å². The Bertz CT molecular complexity index is 1110. The number of nitrogens with one attached hydrogen (secondary N) is 1. The van der Waals surface area contributed by atoms with Gasteiger partial charge < -0.3 is 9.64 Å². The highest BCUT2D eigenvalue weighted by molar-refractivity contribution is 5.68. The second-order valence-electron chi connectivity index (χ2n) is 7.16. The maximum atomic E-state index is 5.26. The Morgan fingerprint density at radius 3 is 2.57 bits per heavy atom. The van der Waals surface area contributed by atoms with Crippen molar-refractivity contribution < 1.29 is 4.74 Å². The summed E-state index contributed by atoms with van der Waals surface area (Å²) in [5, 5.41) is 17.0. The number of benzene rings is 1. The molecular formula is C21H22N8O. The van der Waals surface area contributed by atoms with Crippen molar-refractivity contribution in [3.05, 3.63) is 48.8 Å². The largest absolute Gasteiger partial charge is 0.497 e. The fraction of sp³-hybridized carbons (Fsp3) is 0.286. The fourth-order valence-electron chi connectivity index (χ4n) is 3.59. The lowest BCUT2D eigenvalue weighted by Gasteiger charge is -2.26. The molecule has 4 heterocycles. The van der Waals surface area contributed by atoms with Gasteiger partial charge in [-0.3, -0.25) is 10.1 Å². The van der Waals surface area contributed by atoms with Crippen LogP contribution in [0.5, 0.6) is 5.75 Å². The van der Waals surface area contributed by atoms with Crippen molar-refractivity contribution in [3.63, 3.8) is 0 Å². The van der Waals surface area contributed by atoms with Crippen LogP contribution in [0.25, 0.3) is 28.6 Å². The van der Waals surface area contributed by atoms with E-state index in [4.69, 9.17) is 14.9 Å². The Labute approximate surface area is 173 Å². The van der Waals surface area contributed by atoms with Crippen LogP contribution in [0.15, 0.2) is 48.8 Å². The van der Waals surface area contributed by atoms with E-state index in [-0.39, 0.29) is 0 Å². The maximum Gasteiger partial charge on any atom is 0.183 e. The van der Waals surface area contributed by atoms with Crippen LogP contribution in [-0.2, 0) is 0 Å². The van der Waals surface area contributed by atoms with E-state index in [1.54, 1.807) is 24.3 Å². The zero-order valence-corrected chi connectivity index (χ0v) is 16.7. The highest BCUT2D eigenvalue weighted by Crippen LogP contribution is 2.29. The number of anilines is 1. The Morgan fingerprint density at radius 1 is 1.00 bits per heavy atom. The minimum absolute atomic E-state index is 0.585. The van der Waals surface area contributed by atoms with Gasteiger partial charge in [0.25, 0.3) is 0 Å². The molecule has 0 aliphatic carbocycles. The highest BCUT2D eigenvalue weighted by atomic mass is 16.5. The van der Waals surface area contributed by atoms with E-state index < -0.39 is 0 Å². The van der Waals surface area contributed by atoms with E-state index in [0.717, 1.165) is 48.7 Å². The smallest absolute Gasteiger partial charge is 0.183 e. The molecule has 1 fully saturated rings. The molecule has 0 unspecified atom stereocenters. The first-order valence-electron chi connectivity index (χ1n) is 10.0. The van der Waals surface area contributed by atoms with Gasteiger partial charge in [0.05, 0.1) is 12.8 Å². The summed E-state index contributed by atoms with van der Waals surface area (Å²) in [5.74, 6) is 2.79. The third kappa shape index (κ3) is 3.49. The number of aromatic amines is 1. The predicted molar refractivity (Wildman–Crippen MR) is 113 cm³/mol. The summed E-state index contributed by atoms with van der Waals surface area (Å²) < 4.78 is 5.26. The van der Waals surface area contributed by atoms with Gasteiger partial charge in [-0.15, -0.1) is 15.0 Å². The van der Waals surface area contributed by atoms with Crippen molar-refractivity contribution in [1.82, 2.24) is 35.2 Å². The summed E-state index contributed by atoms with van der Waals surface area (Å²) in [6, 6.07) is 11.5. The van der Waals surface area contributed by atoms with Crippen molar-refractivity contribution in [3.8, 4) is 34.3 Å². The number of hydrogen-bond donors (Lipinski definition) is 1. The summed E-state index contributed by atoms with van der Waals surface area (Å²) in [6.45, 7) is 1.91. The van der Waals surface area contributed by atoms with E-state index in [2.05, 4.69) is 25.1 Å². The zero-order chi connectivity index (χ0) is 20.3. The lowest BCUT2D eigenvalue weighted by atomic mass is 10.1. The van der Waals surface area contributed by atoms with E-state index in [0.29, 0.717) is 17.3 Å². The topological polar surface area (TPSA) is 97.6 Å². The third-order valence-electron chi connectivity index (χ3n) is 5.18. The number of piperidine rings is 1. The summed E-state index contributed by atoms with van der Waals surface area (Å²) >= 11 is 0. The Morgan fingerprint density at radius 2 is 1.83 bits per heavy atom. The Hall–Kier alpha value is -3.75. The van der Waals surface area contributed by atoms with E-state index in [9.17, 15) is 0 Å². The minimum Gasteiger partial charge on any atom is -0.497 e. The normalized spacial score (nSPS) is 14.1. The number of H-pyrrole nitrogens is 1. The van der Waals surface area contributed by atoms with Crippen molar-refractivity contribution in [1.29, 1.82) is 0 Å². The minimum atomic E-state index is 0.585. The van der Waals surface area contributed by atoms with Crippen molar-refractivity contribution in [2.24, 2.45) is 0 Å². The molecule has 4 aromatic rings.